The first kappa shape index (κ1) is 22.6. The summed E-state index contributed by atoms with van der Waals surface area (Å²) in [6, 6.07) is 4.80. The van der Waals surface area contributed by atoms with E-state index >= 15 is 0 Å². The zero-order valence-electron chi connectivity index (χ0n) is 18.4. The number of nitrogens with one attached hydrogen (secondary N) is 3. The maximum Gasteiger partial charge on any atom is 0.259 e. The Morgan fingerprint density at radius 1 is 1.11 bits per heavy atom. The summed E-state index contributed by atoms with van der Waals surface area (Å²) < 4.78 is 30.9. The summed E-state index contributed by atoms with van der Waals surface area (Å²) in [5.41, 5.74) is 2.05. The molecule has 0 saturated carbocycles. The van der Waals surface area contributed by atoms with Crippen molar-refractivity contribution in [2.24, 2.45) is 0 Å². The van der Waals surface area contributed by atoms with Gasteiger partial charge in [0.25, 0.3) is 12.0 Å². The van der Waals surface area contributed by atoms with E-state index in [0.29, 0.717) is 39.4 Å². The Balaban J connectivity index is 1.69. The lowest BCUT2D eigenvalue weighted by molar-refractivity contribution is 0.163. The van der Waals surface area contributed by atoms with Crippen LogP contribution in [0.3, 0.4) is 0 Å². The quantitative estimate of drug-likeness (QED) is 0.299. The van der Waals surface area contributed by atoms with E-state index in [1.807, 2.05) is 0 Å². The van der Waals surface area contributed by atoms with Crippen molar-refractivity contribution in [3.8, 4) is 28.5 Å². The van der Waals surface area contributed by atoms with Crippen molar-refractivity contribution in [3.63, 3.8) is 0 Å². The third-order valence-electron chi connectivity index (χ3n) is 5.21. The van der Waals surface area contributed by atoms with Crippen molar-refractivity contribution in [1.82, 2.24) is 34.9 Å². The predicted octanol–water partition coefficient (Wildman–Crippen LogP) is 3.97. The molecule has 5 rings (SSSR count). The molecule has 0 saturated heterocycles. The van der Waals surface area contributed by atoms with Crippen LogP contribution in [0, 0.1) is 6.92 Å². The van der Waals surface area contributed by atoms with Crippen LogP contribution in [0.15, 0.2) is 35.4 Å². The van der Waals surface area contributed by atoms with Crippen molar-refractivity contribution in [2.75, 3.05) is 19.0 Å². The Morgan fingerprint density at radius 3 is 2.71 bits per heavy atom. The molecular weight excluding hydrogens is 482 g/mol. The SMILES string of the molecule is COc1nc(C)ncc1-c1nccc2[nH]c(=O)c(-c3nc4c(NCC(F)F)nc(Cl)cc4[nH]3)cc12. The van der Waals surface area contributed by atoms with E-state index in [1.165, 1.54) is 13.2 Å². The first-order chi connectivity index (χ1) is 16.8. The number of ether oxygens (including phenoxy) is 1. The average molecular weight is 499 g/mol. The highest BCUT2D eigenvalue weighted by Crippen LogP contribution is 2.33. The van der Waals surface area contributed by atoms with Crippen LogP contribution in [-0.2, 0) is 0 Å². The van der Waals surface area contributed by atoms with E-state index in [-0.39, 0.29) is 27.9 Å². The van der Waals surface area contributed by atoms with Crippen molar-refractivity contribution < 1.29 is 13.5 Å². The molecule has 0 aliphatic heterocycles. The van der Waals surface area contributed by atoms with Gasteiger partial charge in [0, 0.05) is 23.8 Å². The van der Waals surface area contributed by atoms with E-state index in [2.05, 4.69) is 40.2 Å². The number of hydrogen-bond donors (Lipinski definition) is 3. The third-order valence-corrected chi connectivity index (χ3v) is 5.41. The highest BCUT2D eigenvalue weighted by Gasteiger charge is 2.19. The standard InChI is InChI=1S/C22H17ClF2N8O2/c1-9-27-7-12(22(29-9)35-2)17-10-5-11(21(34)31-13(10)3-4-26-17)19-30-14-6-15(23)32-20(18(14)33-19)28-8-16(24)25/h3-7,16H,8H2,1-2H3,(H,28,32)(H,30,33)(H,31,34). The van der Waals surface area contributed by atoms with Crippen LogP contribution in [0.5, 0.6) is 5.88 Å². The van der Waals surface area contributed by atoms with E-state index in [1.54, 1.807) is 31.5 Å². The fraction of sp³-hybridized carbons (Fsp3) is 0.182. The summed E-state index contributed by atoms with van der Waals surface area (Å²) in [6.45, 7) is 1.11. The van der Waals surface area contributed by atoms with E-state index in [4.69, 9.17) is 16.3 Å². The highest BCUT2D eigenvalue weighted by molar-refractivity contribution is 6.30. The largest absolute Gasteiger partial charge is 0.480 e. The fourth-order valence-corrected chi connectivity index (χ4v) is 3.89. The molecule has 0 atom stereocenters. The van der Waals surface area contributed by atoms with Crippen molar-refractivity contribution in [2.45, 2.75) is 13.3 Å². The number of fused-ring (bicyclic) bond motifs is 2. The smallest absolute Gasteiger partial charge is 0.259 e. The lowest BCUT2D eigenvalue weighted by Crippen LogP contribution is -2.11. The van der Waals surface area contributed by atoms with E-state index in [9.17, 15) is 13.6 Å². The number of H-pyrrole nitrogens is 2. The number of aromatic nitrogens is 7. The molecule has 0 spiro atoms. The van der Waals surface area contributed by atoms with Gasteiger partial charge in [-0.1, -0.05) is 11.6 Å². The maximum atomic E-state index is 13.0. The number of hydrogen-bond acceptors (Lipinski definition) is 8. The van der Waals surface area contributed by atoms with Gasteiger partial charge in [-0.2, -0.15) is 4.98 Å². The lowest BCUT2D eigenvalue weighted by Gasteiger charge is -2.10. The second-order valence-corrected chi connectivity index (χ2v) is 7.91. The number of methoxy groups -OCH3 is 1. The van der Waals surface area contributed by atoms with Gasteiger partial charge in [-0.3, -0.25) is 9.78 Å². The number of nitrogens with zero attached hydrogens (tertiary/aromatic N) is 5. The van der Waals surface area contributed by atoms with Gasteiger partial charge < -0.3 is 20.0 Å². The number of halogens is 3. The van der Waals surface area contributed by atoms with Gasteiger partial charge in [-0.25, -0.2) is 23.7 Å². The first-order valence-corrected chi connectivity index (χ1v) is 10.7. The first-order valence-electron chi connectivity index (χ1n) is 10.3. The van der Waals surface area contributed by atoms with Crippen LogP contribution in [0.1, 0.15) is 5.82 Å². The summed E-state index contributed by atoms with van der Waals surface area (Å²) in [6.07, 6.45) is 0.563. The molecule has 0 aromatic carbocycles. The number of anilines is 1. The molecule has 5 heterocycles. The molecule has 10 nitrogen and oxygen atoms in total. The Kier molecular flexibility index (Phi) is 5.73. The Hall–Kier alpha value is -4.19. The van der Waals surface area contributed by atoms with Crippen LogP contribution in [0.4, 0.5) is 14.6 Å². The number of aryl methyl sites for hydroxylation is 1. The van der Waals surface area contributed by atoms with Gasteiger partial charge in [0.2, 0.25) is 5.88 Å². The summed E-state index contributed by atoms with van der Waals surface area (Å²) in [7, 11) is 1.50. The molecule has 0 aliphatic carbocycles. The van der Waals surface area contributed by atoms with E-state index < -0.39 is 18.5 Å². The van der Waals surface area contributed by atoms with Gasteiger partial charge in [0.1, 0.15) is 22.3 Å². The minimum absolute atomic E-state index is 0.0786. The zero-order valence-corrected chi connectivity index (χ0v) is 19.1. The highest BCUT2D eigenvalue weighted by atomic mass is 35.5. The van der Waals surface area contributed by atoms with Crippen molar-refractivity contribution in [3.05, 3.63) is 51.9 Å². The van der Waals surface area contributed by atoms with Crippen LogP contribution < -0.4 is 15.6 Å². The monoisotopic (exact) mass is 498 g/mol. The minimum atomic E-state index is -2.60. The van der Waals surface area contributed by atoms with Crippen LogP contribution in [0.25, 0.3) is 44.6 Å². The molecule has 13 heteroatoms. The molecule has 178 valence electrons. The van der Waals surface area contributed by atoms with Gasteiger partial charge in [0.15, 0.2) is 5.82 Å². The molecule has 5 aromatic heterocycles. The topological polar surface area (TPSA) is 134 Å². The molecule has 0 radical (unpaired) electrons. The van der Waals surface area contributed by atoms with Gasteiger partial charge in [-0.15, -0.1) is 0 Å². The Morgan fingerprint density at radius 2 is 1.94 bits per heavy atom. The molecule has 0 bridgehead atoms. The molecule has 0 unspecified atom stereocenters. The number of rotatable bonds is 6. The number of imidazole rings is 1. The van der Waals surface area contributed by atoms with Crippen LogP contribution >= 0.6 is 11.6 Å². The Bertz CT molecular complexity index is 1640. The van der Waals surface area contributed by atoms with Crippen molar-refractivity contribution in [1.29, 1.82) is 0 Å². The molecule has 5 aromatic rings. The zero-order chi connectivity index (χ0) is 24.7. The number of alkyl halides is 2. The van der Waals surface area contributed by atoms with Crippen LogP contribution in [0.2, 0.25) is 5.15 Å². The molecule has 3 N–H and O–H groups in total. The lowest BCUT2D eigenvalue weighted by atomic mass is 10.1. The third kappa shape index (κ3) is 4.23. The second kappa shape index (κ2) is 8.87. The van der Waals surface area contributed by atoms with Gasteiger partial charge >= 0.3 is 0 Å². The van der Waals surface area contributed by atoms with Gasteiger partial charge in [0.05, 0.1) is 41.5 Å². The van der Waals surface area contributed by atoms with Gasteiger partial charge in [-0.05, 0) is 19.1 Å². The Labute approximate surface area is 200 Å². The predicted molar refractivity (Wildman–Crippen MR) is 127 cm³/mol. The maximum absolute atomic E-state index is 13.0. The molecule has 0 amide bonds. The fourth-order valence-electron chi connectivity index (χ4n) is 3.69. The van der Waals surface area contributed by atoms with Crippen LogP contribution in [-0.4, -0.2) is 55.0 Å². The minimum Gasteiger partial charge on any atom is -0.480 e. The second-order valence-electron chi connectivity index (χ2n) is 7.52. The van der Waals surface area contributed by atoms with Crippen molar-refractivity contribution >= 4 is 39.4 Å². The summed E-state index contributed by atoms with van der Waals surface area (Å²) in [4.78, 5) is 40.3. The number of aromatic amines is 2. The molecule has 35 heavy (non-hydrogen) atoms. The molecule has 0 fully saturated rings. The molecular formula is C22H17ClF2N8O2. The number of pyridine rings is 3. The summed E-state index contributed by atoms with van der Waals surface area (Å²) >= 11 is 6.05. The molecule has 0 aliphatic rings. The normalized spacial score (nSPS) is 11.5. The summed E-state index contributed by atoms with van der Waals surface area (Å²) in [5, 5.41) is 3.21. The summed E-state index contributed by atoms with van der Waals surface area (Å²) in [5.74, 6) is 1.15. The average Bonchev–Trinajstić information content (AvgIpc) is 3.25. The van der Waals surface area contributed by atoms with E-state index in [0.717, 1.165) is 0 Å².